The average Bonchev–Trinajstić information content (AvgIpc) is 3.00. The van der Waals surface area contributed by atoms with E-state index in [1.54, 1.807) is 4.57 Å². The lowest BCUT2D eigenvalue weighted by Crippen LogP contribution is -2.31. The predicted molar refractivity (Wildman–Crippen MR) is 108 cm³/mol. The largest absolute Gasteiger partial charge is 0.363 e. The van der Waals surface area contributed by atoms with Crippen LogP contribution in [0.4, 0.5) is 0 Å². The average molecular weight is 386 g/mol. The van der Waals surface area contributed by atoms with Crippen molar-refractivity contribution in [2.24, 2.45) is 10.2 Å². The Morgan fingerprint density at radius 2 is 1.96 bits per heavy atom. The maximum atomic E-state index is 12.2. The van der Waals surface area contributed by atoms with Crippen LogP contribution in [-0.4, -0.2) is 32.9 Å². The van der Waals surface area contributed by atoms with E-state index in [2.05, 4.69) is 20.5 Å². The molecule has 0 atom stereocenters. The fourth-order valence-corrected chi connectivity index (χ4v) is 3.65. The standard InChI is InChI=1S/C18H16ClN5OS/c19-13-7-5-12(6-8-13)9-10-20-17-23-22-16(11-26-17)24-15-4-2-1-3-14(15)21-18(24)25/h1-8H,9-11H2,(H,20,23)(H,21,25). The van der Waals surface area contributed by atoms with Gasteiger partial charge in [-0.05, 0) is 36.2 Å². The molecule has 2 aromatic carbocycles. The molecule has 0 unspecified atom stereocenters. The molecule has 2 N–H and O–H groups in total. The van der Waals surface area contributed by atoms with Crippen molar-refractivity contribution in [1.29, 1.82) is 0 Å². The monoisotopic (exact) mass is 385 g/mol. The van der Waals surface area contributed by atoms with Crippen LogP contribution in [0.5, 0.6) is 0 Å². The highest BCUT2D eigenvalue weighted by atomic mass is 35.5. The lowest BCUT2D eigenvalue weighted by atomic mass is 10.1. The van der Waals surface area contributed by atoms with Gasteiger partial charge in [-0.2, -0.15) is 0 Å². The molecule has 0 spiro atoms. The Hall–Kier alpha value is -2.51. The Bertz CT molecular complexity index is 1050. The van der Waals surface area contributed by atoms with Crippen LogP contribution in [-0.2, 0) is 6.42 Å². The third-order valence-corrected chi connectivity index (χ3v) is 5.20. The van der Waals surface area contributed by atoms with Crippen molar-refractivity contribution in [3.05, 3.63) is 69.6 Å². The minimum atomic E-state index is -0.195. The first-order valence-corrected chi connectivity index (χ1v) is 9.53. The molecular formula is C18H16ClN5OS. The van der Waals surface area contributed by atoms with Crippen LogP contribution in [0.25, 0.3) is 11.0 Å². The van der Waals surface area contributed by atoms with Crippen molar-refractivity contribution in [3.8, 4) is 0 Å². The number of aromatic nitrogens is 2. The highest BCUT2D eigenvalue weighted by Crippen LogP contribution is 2.15. The van der Waals surface area contributed by atoms with Crippen molar-refractivity contribution in [3.63, 3.8) is 0 Å². The van der Waals surface area contributed by atoms with Crippen LogP contribution in [0.15, 0.2) is 63.5 Å². The molecule has 0 bridgehead atoms. The van der Waals surface area contributed by atoms with E-state index < -0.39 is 0 Å². The highest BCUT2D eigenvalue weighted by Gasteiger charge is 2.16. The number of H-pyrrole nitrogens is 1. The molecule has 0 fully saturated rings. The molecule has 132 valence electrons. The van der Waals surface area contributed by atoms with Crippen molar-refractivity contribution in [1.82, 2.24) is 14.9 Å². The molecule has 0 radical (unpaired) electrons. The number of nitrogens with one attached hydrogen (secondary N) is 2. The minimum Gasteiger partial charge on any atom is -0.363 e. The first kappa shape index (κ1) is 16.9. The first-order chi connectivity index (χ1) is 12.7. The van der Waals surface area contributed by atoms with Gasteiger partial charge in [-0.1, -0.05) is 47.6 Å². The molecule has 4 rings (SSSR count). The Labute approximate surface area is 159 Å². The number of halogens is 1. The van der Waals surface area contributed by atoms with E-state index in [0.717, 1.165) is 34.2 Å². The van der Waals surface area contributed by atoms with Gasteiger partial charge in [0.15, 0.2) is 11.0 Å². The summed E-state index contributed by atoms with van der Waals surface area (Å²) in [5, 5.41) is 13.2. The van der Waals surface area contributed by atoms with E-state index in [0.29, 0.717) is 11.6 Å². The van der Waals surface area contributed by atoms with E-state index >= 15 is 0 Å². The first-order valence-electron chi connectivity index (χ1n) is 8.16. The normalized spacial score (nSPS) is 14.2. The SMILES string of the molecule is O=c1[nH]c2ccccc2n1C1=NN=C(NCCc2ccc(Cl)cc2)SC1. The zero-order chi connectivity index (χ0) is 17.9. The summed E-state index contributed by atoms with van der Waals surface area (Å²) in [6.07, 6.45) is 0.870. The molecule has 2 heterocycles. The number of aromatic amines is 1. The lowest BCUT2D eigenvalue weighted by Gasteiger charge is -2.14. The van der Waals surface area contributed by atoms with Crippen molar-refractivity contribution >= 4 is 45.4 Å². The predicted octanol–water partition coefficient (Wildman–Crippen LogP) is 3.08. The fraction of sp³-hybridized carbons (Fsp3) is 0.167. The molecule has 0 saturated heterocycles. The second kappa shape index (κ2) is 7.39. The van der Waals surface area contributed by atoms with Crippen LogP contribution >= 0.6 is 23.4 Å². The summed E-state index contributed by atoms with van der Waals surface area (Å²) in [6, 6.07) is 15.4. The molecule has 6 nitrogen and oxygen atoms in total. The number of rotatable bonds is 3. The Kier molecular flexibility index (Phi) is 4.81. The fourth-order valence-electron chi connectivity index (χ4n) is 2.77. The van der Waals surface area contributed by atoms with Gasteiger partial charge in [0.25, 0.3) is 0 Å². The summed E-state index contributed by atoms with van der Waals surface area (Å²) in [6.45, 7) is 0.755. The van der Waals surface area contributed by atoms with E-state index in [9.17, 15) is 4.79 Å². The number of amidine groups is 1. The second-order valence-corrected chi connectivity index (χ2v) is 7.20. The number of thioether (sulfide) groups is 1. The quantitative estimate of drug-likeness (QED) is 0.727. The van der Waals surface area contributed by atoms with Crippen LogP contribution in [0, 0.1) is 0 Å². The maximum Gasteiger partial charge on any atom is 0.332 e. The third-order valence-electron chi connectivity index (χ3n) is 4.05. The second-order valence-electron chi connectivity index (χ2n) is 5.80. The molecule has 8 heteroatoms. The Morgan fingerprint density at radius 3 is 2.73 bits per heavy atom. The zero-order valence-corrected chi connectivity index (χ0v) is 15.3. The molecule has 26 heavy (non-hydrogen) atoms. The molecule has 0 aliphatic carbocycles. The van der Waals surface area contributed by atoms with E-state index in [1.807, 2.05) is 48.5 Å². The summed E-state index contributed by atoms with van der Waals surface area (Å²) in [7, 11) is 0. The number of para-hydroxylation sites is 2. The van der Waals surface area contributed by atoms with E-state index in [4.69, 9.17) is 11.6 Å². The highest BCUT2D eigenvalue weighted by molar-refractivity contribution is 8.14. The van der Waals surface area contributed by atoms with E-state index in [1.165, 1.54) is 17.3 Å². The summed E-state index contributed by atoms with van der Waals surface area (Å²) >= 11 is 7.43. The van der Waals surface area contributed by atoms with Gasteiger partial charge in [-0.25, -0.2) is 9.36 Å². The van der Waals surface area contributed by atoms with Crippen LogP contribution < -0.4 is 11.0 Å². The topological polar surface area (TPSA) is 74.5 Å². The number of fused-ring (bicyclic) bond motifs is 1. The molecule has 1 aliphatic heterocycles. The van der Waals surface area contributed by atoms with Crippen LogP contribution in [0.3, 0.4) is 0 Å². The Morgan fingerprint density at radius 1 is 1.15 bits per heavy atom. The number of benzene rings is 2. The van der Waals surface area contributed by atoms with Crippen LogP contribution in [0.1, 0.15) is 5.56 Å². The van der Waals surface area contributed by atoms with Gasteiger partial charge in [0.1, 0.15) is 0 Å². The summed E-state index contributed by atoms with van der Waals surface area (Å²) in [5.41, 5.74) is 2.62. The van der Waals surface area contributed by atoms with Gasteiger partial charge < -0.3 is 10.3 Å². The molecule has 3 aromatic rings. The van der Waals surface area contributed by atoms with Gasteiger partial charge in [0, 0.05) is 11.6 Å². The molecule has 0 saturated carbocycles. The molecule has 1 aromatic heterocycles. The number of hydrogen-bond acceptors (Lipinski definition) is 5. The number of imidazole rings is 1. The minimum absolute atomic E-state index is 0.195. The van der Waals surface area contributed by atoms with Crippen molar-refractivity contribution in [2.45, 2.75) is 6.42 Å². The van der Waals surface area contributed by atoms with E-state index in [-0.39, 0.29) is 5.69 Å². The third kappa shape index (κ3) is 3.54. The van der Waals surface area contributed by atoms with Crippen LogP contribution in [0.2, 0.25) is 5.02 Å². The molecule has 1 aliphatic rings. The zero-order valence-electron chi connectivity index (χ0n) is 13.8. The van der Waals surface area contributed by atoms with Gasteiger partial charge in [0.2, 0.25) is 0 Å². The summed E-state index contributed by atoms with van der Waals surface area (Å²) in [5.74, 6) is 1.20. The molecule has 0 amide bonds. The molecular weight excluding hydrogens is 370 g/mol. The Balaban J connectivity index is 1.44. The maximum absolute atomic E-state index is 12.2. The van der Waals surface area contributed by atoms with Gasteiger partial charge in [-0.3, -0.25) is 0 Å². The van der Waals surface area contributed by atoms with Gasteiger partial charge >= 0.3 is 5.69 Å². The van der Waals surface area contributed by atoms with Gasteiger partial charge in [-0.15, -0.1) is 10.2 Å². The summed E-state index contributed by atoms with van der Waals surface area (Å²) in [4.78, 5) is 15.1. The summed E-state index contributed by atoms with van der Waals surface area (Å²) < 4.78 is 1.58. The van der Waals surface area contributed by atoms with Gasteiger partial charge in [0.05, 0.1) is 16.8 Å². The lowest BCUT2D eigenvalue weighted by molar-refractivity contribution is 0.869. The smallest absolute Gasteiger partial charge is 0.332 e. The van der Waals surface area contributed by atoms with Crippen molar-refractivity contribution in [2.75, 3.05) is 12.3 Å². The number of hydrogen-bond donors (Lipinski definition) is 2. The van der Waals surface area contributed by atoms with Crippen molar-refractivity contribution < 1.29 is 0 Å². The number of nitrogens with zero attached hydrogens (tertiary/aromatic N) is 3.